The fourth-order valence-electron chi connectivity index (χ4n) is 2.48. The first-order chi connectivity index (χ1) is 11.1. The van der Waals surface area contributed by atoms with Crippen LogP contribution in [0.15, 0.2) is 60.9 Å². The number of hydrogen-bond acceptors (Lipinski definition) is 4. The van der Waals surface area contributed by atoms with Crippen LogP contribution in [0.1, 0.15) is 17.0 Å². The van der Waals surface area contributed by atoms with Crippen LogP contribution in [0.25, 0.3) is 0 Å². The summed E-state index contributed by atoms with van der Waals surface area (Å²) in [7, 11) is 0. The maximum Gasteiger partial charge on any atom is 0.273 e. The molecule has 0 saturated heterocycles. The van der Waals surface area contributed by atoms with Gasteiger partial charge in [-0.15, -0.1) is 0 Å². The predicted molar refractivity (Wildman–Crippen MR) is 88.1 cm³/mol. The third-order valence-corrected chi connectivity index (χ3v) is 3.67. The van der Waals surface area contributed by atoms with Crippen LogP contribution in [0.2, 0.25) is 0 Å². The van der Waals surface area contributed by atoms with Crippen LogP contribution in [-0.2, 0) is 13.0 Å². The highest BCUT2D eigenvalue weighted by atomic mass is 16.6. The SMILES string of the molecule is Nc1ccc(Cn2ccnc2Cc2ccccc2[N+](=O)[O-])cc1. The van der Waals surface area contributed by atoms with Crippen LogP contribution >= 0.6 is 0 Å². The van der Waals surface area contributed by atoms with Gasteiger partial charge in [0.15, 0.2) is 0 Å². The molecule has 1 heterocycles. The second kappa shape index (κ2) is 6.31. The van der Waals surface area contributed by atoms with E-state index in [-0.39, 0.29) is 10.6 Å². The summed E-state index contributed by atoms with van der Waals surface area (Å²) < 4.78 is 1.99. The lowest BCUT2D eigenvalue weighted by molar-refractivity contribution is -0.385. The Morgan fingerprint density at radius 1 is 1.13 bits per heavy atom. The van der Waals surface area contributed by atoms with Gasteiger partial charge in [0.25, 0.3) is 5.69 Å². The molecule has 0 aliphatic carbocycles. The van der Waals surface area contributed by atoms with E-state index in [1.165, 1.54) is 6.07 Å². The molecule has 116 valence electrons. The fourth-order valence-corrected chi connectivity index (χ4v) is 2.48. The molecule has 0 bridgehead atoms. The van der Waals surface area contributed by atoms with E-state index in [4.69, 9.17) is 5.73 Å². The molecule has 6 nitrogen and oxygen atoms in total. The van der Waals surface area contributed by atoms with Gasteiger partial charge < -0.3 is 10.3 Å². The van der Waals surface area contributed by atoms with E-state index in [1.54, 1.807) is 24.4 Å². The number of nitro groups is 1. The van der Waals surface area contributed by atoms with Crippen molar-refractivity contribution >= 4 is 11.4 Å². The monoisotopic (exact) mass is 308 g/mol. The molecule has 0 aliphatic heterocycles. The van der Waals surface area contributed by atoms with Gasteiger partial charge in [0.2, 0.25) is 0 Å². The van der Waals surface area contributed by atoms with E-state index in [1.807, 2.05) is 35.0 Å². The van der Waals surface area contributed by atoms with Gasteiger partial charge in [0.1, 0.15) is 5.82 Å². The molecule has 2 aromatic carbocycles. The molecule has 0 saturated carbocycles. The first-order valence-electron chi connectivity index (χ1n) is 7.20. The zero-order chi connectivity index (χ0) is 16.2. The van der Waals surface area contributed by atoms with Crippen molar-refractivity contribution in [3.63, 3.8) is 0 Å². The largest absolute Gasteiger partial charge is 0.399 e. The van der Waals surface area contributed by atoms with Gasteiger partial charge in [0, 0.05) is 42.7 Å². The molecule has 3 aromatic rings. The number of benzene rings is 2. The lowest BCUT2D eigenvalue weighted by Crippen LogP contribution is -2.06. The van der Waals surface area contributed by atoms with Gasteiger partial charge in [-0.1, -0.05) is 30.3 Å². The number of anilines is 1. The van der Waals surface area contributed by atoms with Crippen LogP contribution in [0.4, 0.5) is 11.4 Å². The number of rotatable bonds is 5. The number of imidazole rings is 1. The summed E-state index contributed by atoms with van der Waals surface area (Å²) in [5.41, 5.74) is 8.29. The molecule has 0 spiro atoms. The number of nitrogens with two attached hydrogens (primary N) is 1. The minimum atomic E-state index is -0.359. The maximum absolute atomic E-state index is 11.1. The predicted octanol–water partition coefficient (Wildman–Crippen LogP) is 3.01. The van der Waals surface area contributed by atoms with Gasteiger partial charge in [0.05, 0.1) is 4.92 Å². The Bertz CT molecular complexity index is 825. The molecular formula is C17H16N4O2. The molecule has 0 fully saturated rings. The first kappa shape index (κ1) is 14.8. The highest BCUT2D eigenvalue weighted by Crippen LogP contribution is 2.21. The van der Waals surface area contributed by atoms with E-state index in [9.17, 15) is 10.1 Å². The zero-order valence-electron chi connectivity index (χ0n) is 12.4. The normalized spacial score (nSPS) is 10.6. The molecule has 3 rings (SSSR count). The van der Waals surface area contributed by atoms with Gasteiger partial charge in [-0.25, -0.2) is 4.98 Å². The minimum Gasteiger partial charge on any atom is -0.399 e. The molecule has 0 amide bonds. The van der Waals surface area contributed by atoms with Crippen LogP contribution in [0, 0.1) is 10.1 Å². The highest BCUT2D eigenvalue weighted by molar-refractivity contribution is 5.42. The van der Waals surface area contributed by atoms with Crippen molar-refractivity contribution < 1.29 is 4.92 Å². The van der Waals surface area contributed by atoms with Crippen LogP contribution in [0.3, 0.4) is 0 Å². The lowest BCUT2D eigenvalue weighted by atomic mass is 10.1. The van der Waals surface area contributed by atoms with Crippen molar-refractivity contribution in [1.29, 1.82) is 0 Å². The van der Waals surface area contributed by atoms with Crippen LogP contribution in [-0.4, -0.2) is 14.5 Å². The van der Waals surface area contributed by atoms with Crippen molar-refractivity contribution in [3.05, 3.63) is 88.0 Å². The average Bonchev–Trinajstić information content (AvgIpc) is 2.97. The summed E-state index contributed by atoms with van der Waals surface area (Å²) in [5.74, 6) is 0.788. The Kier molecular flexibility index (Phi) is 4.05. The lowest BCUT2D eigenvalue weighted by Gasteiger charge is -2.09. The van der Waals surface area contributed by atoms with Crippen molar-refractivity contribution in [3.8, 4) is 0 Å². The van der Waals surface area contributed by atoms with Gasteiger partial charge in [-0.2, -0.15) is 0 Å². The number of nitro benzene ring substituents is 1. The third-order valence-electron chi connectivity index (χ3n) is 3.67. The quantitative estimate of drug-likeness (QED) is 0.446. The molecule has 0 radical (unpaired) electrons. The van der Waals surface area contributed by atoms with E-state index >= 15 is 0 Å². The highest BCUT2D eigenvalue weighted by Gasteiger charge is 2.15. The number of nitrogens with zero attached hydrogens (tertiary/aromatic N) is 3. The summed E-state index contributed by atoms with van der Waals surface area (Å²) >= 11 is 0. The molecule has 23 heavy (non-hydrogen) atoms. The van der Waals surface area contributed by atoms with Gasteiger partial charge in [-0.3, -0.25) is 10.1 Å². The van der Waals surface area contributed by atoms with E-state index in [0.717, 1.165) is 17.1 Å². The first-order valence-corrected chi connectivity index (χ1v) is 7.20. The molecule has 0 aliphatic rings. The Balaban J connectivity index is 1.84. The Hall–Kier alpha value is -3.15. The summed E-state index contributed by atoms with van der Waals surface area (Å²) in [4.78, 5) is 15.1. The molecule has 1 aromatic heterocycles. The van der Waals surface area contributed by atoms with E-state index in [2.05, 4.69) is 4.98 Å². The van der Waals surface area contributed by atoms with Crippen molar-refractivity contribution in [2.24, 2.45) is 0 Å². The Labute approximate surface area is 133 Å². The molecule has 0 atom stereocenters. The van der Waals surface area contributed by atoms with Crippen LogP contribution in [0.5, 0.6) is 0 Å². The minimum absolute atomic E-state index is 0.120. The maximum atomic E-state index is 11.1. The van der Waals surface area contributed by atoms with E-state index < -0.39 is 0 Å². The summed E-state index contributed by atoms with van der Waals surface area (Å²) in [6.07, 6.45) is 4.00. The average molecular weight is 308 g/mol. The van der Waals surface area contributed by atoms with Crippen molar-refractivity contribution in [2.45, 2.75) is 13.0 Å². The van der Waals surface area contributed by atoms with Crippen molar-refractivity contribution in [1.82, 2.24) is 9.55 Å². The second-order valence-electron chi connectivity index (χ2n) is 5.28. The van der Waals surface area contributed by atoms with Crippen molar-refractivity contribution in [2.75, 3.05) is 5.73 Å². The standard InChI is InChI=1S/C17H16N4O2/c18-15-7-5-13(6-8-15)12-20-10-9-19-17(20)11-14-3-1-2-4-16(14)21(22)23/h1-10H,11-12,18H2. The third kappa shape index (κ3) is 3.37. The number of hydrogen-bond donors (Lipinski definition) is 1. The molecular weight excluding hydrogens is 292 g/mol. The Morgan fingerprint density at radius 2 is 1.87 bits per heavy atom. The molecule has 0 unspecified atom stereocenters. The van der Waals surface area contributed by atoms with Crippen LogP contribution < -0.4 is 5.73 Å². The number of aromatic nitrogens is 2. The second-order valence-corrected chi connectivity index (χ2v) is 5.28. The van der Waals surface area contributed by atoms with E-state index in [0.29, 0.717) is 18.5 Å². The smallest absolute Gasteiger partial charge is 0.273 e. The summed E-state index contributed by atoms with van der Waals surface area (Å²) in [5, 5.41) is 11.1. The zero-order valence-corrected chi connectivity index (χ0v) is 12.4. The van der Waals surface area contributed by atoms with Gasteiger partial charge in [-0.05, 0) is 17.7 Å². The fraction of sp³-hybridized carbons (Fsp3) is 0.118. The number of para-hydroxylation sites is 1. The topological polar surface area (TPSA) is 87.0 Å². The Morgan fingerprint density at radius 3 is 2.61 bits per heavy atom. The number of nitrogen functional groups attached to an aromatic ring is 1. The summed E-state index contributed by atoms with van der Waals surface area (Å²) in [6.45, 7) is 0.649. The molecule has 2 N–H and O–H groups in total. The molecule has 6 heteroatoms. The van der Waals surface area contributed by atoms with Gasteiger partial charge >= 0.3 is 0 Å². The summed E-state index contributed by atoms with van der Waals surface area (Å²) in [6, 6.07) is 14.4.